The molecule has 3 rings (SSSR count). The van der Waals surface area contributed by atoms with Crippen molar-refractivity contribution in [2.45, 2.75) is 37.8 Å². The quantitative estimate of drug-likeness (QED) is 0.301. The van der Waals surface area contributed by atoms with Gasteiger partial charge in [0.2, 0.25) is 5.91 Å². The van der Waals surface area contributed by atoms with Gasteiger partial charge in [-0.25, -0.2) is 9.18 Å². The molecular formula is C26H40ClFN4O5. The van der Waals surface area contributed by atoms with Gasteiger partial charge >= 0.3 is 6.09 Å². The predicted molar refractivity (Wildman–Crippen MR) is 139 cm³/mol. The van der Waals surface area contributed by atoms with Gasteiger partial charge in [-0.05, 0) is 62.4 Å². The fourth-order valence-electron chi connectivity index (χ4n) is 5.21. The van der Waals surface area contributed by atoms with Crippen molar-refractivity contribution >= 4 is 23.6 Å². The lowest BCUT2D eigenvalue weighted by atomic mass is 9.83. The van der Waals surface area contributed by atoms with Crippen molar-refractivity contribution in [1.82, 2.24) is 21.3 Å². The Morgan fingerprint density at radius 1 is 1.30 bits per heavy atom. The van der Waals surface area contributed by atoms with Crippen molar-refractivity contribution in [3.05, 3.63) is 34.6 Å². The molecule has 11 heteroatoms. The zero-order chi connectivity index (χ0) is 26.6. The molecule has 2 aliphatic heterocycles. The molecule has 1 aromatic carbocycles. The molecule has 208 valence electrons. The van der Waals surface area contributed by atoms with Gasteiger partial charge in [0, 0.05) is 56.4 Å². The molecule has 37 heavy (non-hydrogen) atoms. The van der Waals surface area contributed by atoms with E-state index in [2.05, 4.69) is 26.0 Å². The number of rotatable bonds is 12. The first-order valence-corrected chi connectivity index (χ1v) is 13.4. The summed E-state index contributed by atoms with van der Waals surface area (Å²) in [5, 5.41) is 12.6. The maximum atomic E-state index is 14.2. The summed E-state index contributed by atoms with van der Waals surface area (Å²) in [4.78, 5) is 24.7. The van der Waals surface area contributed by atoms with E-state index in [0.717, 1.165) is 32.5 Å². The minimum absolute atomic E-state index is 0.00226. The van der Waals surface area contributed by atoms with E-state index in [0.29, 0.717) is 37.5 Å². The largest absolute Gasteiger partial charge is 0.453 e. The number of carbonyl (C=O) groups is 2. The number of piperidine rings is 1. The normalized spacial score (nSPS) is 23.6. The van der Waals surface area contributed by atoms with Crippen LogP contribution in [0.4, 0.5) is 9.18 Å². The van der Waals surface area contributed by atoms with Crippen LogP contribution < -0.4 is 21.3 Å². The third kappa shape index (κ3) is 9.68. The molecule has 1 aromatic rings. The second kappa shape index (κ2) is 15.4. The SMILES string of the molecule is CNC[C@@H](C[C@H]1CCCOC1)NC(=O)C1CNCC([C@@H](OCCNC(=O)OC)c2cc(F)cc(Cl)c2)C1. The minimum atomic E-state index is -0.555. The third-order valence-electron chi connectivity index (χ3n) is 6.92. The maximum Gasteiger partial charge on any atom is 0.406 e. The summed E-state index contributed by atoms with van der Waals surface area (Å²) in [6, 6.07) is 4.35. The average molecular weight is 543 g/mol. The molecule has 9 nitrogen and oxygen atoms in total. The van der Waals surface area contributed by atoms with Gasteiger partial charge in [0.25, 0.3) is 0 Å². The van der Waals surface area contributed by atoms with Crippen LogP contribution in [0.3, 0.4) is 0 Å². The van der Waals surface area contributed by atoms with Gasteiger partial charge in [-0.3, -0.25) is 4.79 Å². The number of hydrogen-bond acceptors (Lipinski definition) is 7. The number of amides is 2. The molecule has 2 heterocycles. The highest BCUT2D eigenvalue weighted by atomic mass is 35.5. The van der Waals surface area contributed by atoms with Gasteiger partial charge in [-0.1, -0.05) is 11.6 Å². The van der Waals surface area contributed by atoms with Crippen molar-refractivity contribution < 1.29 is 28.2 Å². The summed E-state index contributed by atoms with van der Waals surface area (Å²) in [7, 11) is 3.17. The highest BCUT2D eigenvalue weighted by Gasteiger charge is 2.34. The molecule has 2 aliphatic rings. The van der Waals surface area contributed by atoms with E-state index in [1.54, 1.807) is 6.07 Å². The van der Waals surface area contributed by atoms with E-state index in [1.165, 1.54) is 19.2 Å². The monoisotopic (exact) mass is 542 g/mol. The first-order valence-electron chi connectivity index (χ1n) is 13.0. The van der Waals surface area contributed by atoms with Crippen molar-refractivity contribution in [3.8, 4) is 0 Å². The predicted octanol–water partition coefficient (Wildman–Crippen LogP) is 2.64. The molecule has 0 saturated carbocycles. The lowest BCUT2D eigenvalue weighted by Crippen LogP contribution is -2.50. The van der Waals surface area contributed by atoms with E-state index in [4.69, 9.17) is 21.1 Å². The summed E-state index contributed by atoms with van der Waals surface area (Å²) < 4.78 is 30.5. The maximum absolute atomic E-state index is 14.2. The van der Waals surface area contributed by atoms with Crippen molar-refractivity contribution in [2.24, 2.45) is 17.8 Å². The Morgan fingerprint density at radius 2 is 2.14 bits per heavy atom. The van der Waals surface area contributed by atoms with E-state index < -0.39 is 18.0 Å². The zero-order valence-corrected chi connectivity index (χ0v) is 22.5. The number of hydrogen-bond donors (Lipinski definition) is 4. The van der Waals surface area contributed by atoms with Gasteiger partial charge in [0.05, 0.1) is 25.7 Å². The van der Waals surface area contributed by atoms with Crippen molar-refractivity contribution in [1.29, 1.82) is 0 Å². The van der Waals surface area contributed by atoms with Gasteiger partial charge in [-0.2, -0.15) is 0 Å². The molecule has 2 unspecified atom stereocenters. The molecule has 2 saturated heterocycles. The standard InChI is InChI=1S/C26H40ClFN4O5/c1-29-15-23(8-17-4-3-6-36-16-17)32-25(33)20-9-19(13-30-14-20)24(37-7-5-31-26(34)35-2)18-10-21(27)12-22(28)11-18/h10-12,17,19-20,23-24,29-30H,3-9,13-16H2,1-2H3,(H,31,34)(H,32,33)/t17-,19?,20?,23-,24+/m1/s1. The van der Waals surface area contributed by atoms with Gasteiger partial charge in [-0.15, -0.1) is 0 Å². The van der Waals surface area contributed by atoms with E-state index in [9.17, 15) is 14.0 Å². The molecule has 0 spiro atoms. The van der Waals surface area contributed by atoms with Crippen LogP contribution in [0.15, 0.2) is 18.2 Å². The van der Waals surface area contributed by atoms with Gasteiger partial charge in [0.1, 0.15) is 5.82 Å². The number of nitrogens with one attached hydrogen (secondary N) is 4. The molecular weight excluding hydrogens is 503 g/mol. The van der Waals surface area contributed by atoms with Crippen LogP contribution in [0, 0.1) is 23.6 Å². The number of likely N-dealkylation sites (N-methyl/N-ethyl adjacent to an activating group) is 1. The number of methoxy groups -OCH3 is 1. The van der Waals surface area contributed by atoms with Crippen LogP contribution in [0.2, 0.25) is 5.02 Å². The summed E-state index contributed by atoms with van der Waals surface area (Å²) in [6.45, 7) is 3.82. The topological polar surface area (TPSA) is 110 Å². The number of carbonyl (C=O) groups excluding carboxylic acids is 2. The second-order valence-electron chi connectivity index (χ2n) is 9.85. The number of ether oxygens (including phenoxy) is 3. The Labute approximate surface area is 223 Å². The Balaban J connectivity index is 1.65. The van der Waals surface area contributed by atoms with Crippen molar-refractivity contribution in [3.63, 3.8) is 0 Å². The Kier molecular flexibility index (Phi) is 12.3. The molecule has 5 atom stereocenters. The highest BCUT2D eigenvalue weighted by molar-refractivity contribution is 6.30. The van der Waals surface area contributed by atoms with E-state index >= 15 is 0 Å². The fraction of sp³-hybridized carbons (Fsp3) is 0.692. The lowest BCUT2D eigenvalue weighted by molar-refractivity contribution is -0.127. The zero-order valence-electron chi connectivity index (χ0n) is 21.7. The van der Waals surface area contributed by atoms with E-state index in [-0.39, 0.29) is 42.0 Å². The first kappa shape index (κ1) is 29.6. The summed E-state index contributed by atoms with van der Waals surface area (Å²) in [5.41, 5.74) is 0.598. The van der Waals surface area contributed by atoms with Gasteiger partial charge in [0.15, 0.2) is 0 Å². The molecule has 0 radical (unpaired) electrons. The molecule has 0 aliphatic carbocycles. The molecule has 4 N–H and O–H groups in total. The third-order valence-corrected chi connectivity index (χ3v) is 7.14. The van der Waals surface area contributed by atoms with Crippen LogP contribution in [-0.2, 0) is 19.0 Å². The van der Waals surface area contributed by atoms with E-state index in [1.807, 2.05) is 7.05 Å². The fourth-order valence-corrected chi connectivity index (χ4v) is 5.45. The highest BCUT2D eigenvalue weighted by Crippen LogP contribution is 2.34. The van der Waals surface area contributed by atoms with Gasteiger partial charge < -0.3 is 35.5 Å². The average Bonchev–Trinajstić information content (AvgIpc) is 2.88. The van der Waals surface area contributed by atoms with Crippen LogP contribution in [0.5, 0.6) is 0 Å². The minimum Gasteiger partial charge on any atom is -0.453 e. The smallest absolute Gasteiger partial charge is 0.406 e. The van der Waals surface area contributed by atoms with Crippen LogP contribution >= 0.6 is 11.6 Å². The molecule has 2 amide bonds. The summed E-state index contributed by atoms with van der Waals surface area (Å²) in [6.07, 6.45) is 2.55. The Bertz CT molecular complexity index is 853. The first-order chi connectivity index (χ1) is 17.9. The summed E-state index contributed by atoms with van der Waals surface area (Å²) in [5.74, 6) is -0.376. The molecule has 0 aromatic heterocycles. The Hall–Kier alpha value is -1.98. The number of alkyl carbamates (subject to hydrolysis) is 1. The number of halogens is 2. The summed E-state index contributed by atoms with van der Waals surface area (Å²) >= 11 is 6.14. The molecule has 2 fully saturated rings. The second-order valence-corrected chi connectivity index (χ2v) is 10.3. The van der Waals surface area contributed by atoms with Crippen molar-refractivity contribution in [2.75, 3.05) is 60.2 Å². The van der Waals surface area contributed by atoms with Crippen LogP contribution in [0.25, 0.3) is 0 Å². The van der Waals surface area contributed by atoms with Crippen LogP contribution in [0.1, 0.15) is 37.4 Å². The molecule has 0 bridgehead atoms. The van der Waals surface area contributed by atoms with Crippen LogP contribution in [-0.4, -0.2) is 78.2 Å². The lowest BCUT2D eigenvalue weighted by Gasteiger charge is -2.36. The number of benzene rings is 1. The Morgan fingerprint density at radius 3 is 2.84 bits per heavy atom.